The molecule has 2 aromatic carbocycles. The topological polar surface area (TPSA) is 18.5 Å². The lowest BCUT2D eigenvalue weighted by Crippen LogP contribution is -2.07. The van der Waals surface area contributed by atoms with E-state index in [1.807, 2.05) is 36.4 Å². The van der Waals surface area contributed by atoms with Crippen LogP contribution in [0.3, 0.4) is 0 Å². The summed E-state index contributed by atoms with van der Waals surface area (Å²) in [6, 6.07) is 16.5. The smallest absolute Gasteiger partial charge is 0.129 e. The van der Waals surface area contributed by atoms with Gasteiger partial charge in [0, 0.05) is 0 Å². The number of ether oxygens (including phenoxy) is 2. The Hall–Kier alpha value is -2.48. The van der Waals surface area contributed by atoms with Crippen LogP contribution in [-0.2, 0) is 0 Å². The van der Waals surface area contributed by atoms with E-state index in [0.717, 1.165) is 24.3 Å². The summed E-state index contributed by atoms with van der Waals surface area (Å²) in [5, 5.41) is 0. The summed E-state index contributed by atoms with van der Waals surface area (Å²) in [7, 11) is 0. The second kappa shape index (κ2) is 10.5. The highest BCUT2D eigenvalue weighted by atomic mass is 16.5. The van der Waals surface area contributed by atoms with Gasteiger partial charge in [0.25, 0.3) is 0 Å². The number of hydrogen-bond acceptors (Lipinski definition) is 2. The van der Waals surface area contributed by atoms with E-state index in [9.17, 15) is 0 Å². The van der Waals surface area contributed by atoms with E-state index < -0.39 is 0 Å². The molecule has 0 saturated heterocycles. The zero-order valence-electron chi connectivity index (χ0n) is 16.3. The molecule has 2 heteroatoms. The Labute approximate surface area is 158 Å². The fraction of sp³-hybridized carbons (Fsp3) is 0.333. The van der Waals surface area contributed by atoms with Crippen LogP contribution < -0.4 is 9.47 Å². The molecule has 26 heavy (non-hydrogen) atoms. The van der Waals surface area contributed by atoms with Crippen molar-refractivity contribution in [2.75, 3.05) is 0 Å². The Morgan fingerprint density at radius 1 is 0.692 bits per heavy atom. The van der Waals surface area contributed by atoms with Gasteiger partial charge in [0.05, 0.1) is 12.5 Å². The summed E-state index contributed by atoms with van der Waals surface area (Å²) in [4.78, 5) is 0. The first kappa shape index (κ1) is 19.8. The van der Waals surface area contributed by atoms with E-state index in [1.165, 1.54) is 11.1 Å². The van der Waals surface area contributed by atoms with Crippen molar-refractivity contribution < 1.29 is 9.47 Å². The summed E-state index contributed by atoms with van der Waals surface area (Å²) in [6.45, 7) is 8.69. The quantitative estimate of drug-likeness (QED) is 0.445. The largest absolute Gasteiger partial charge is 0.465 e. The molecule has 0 saturated carbocycles. The van der Waals surface area contributed by atoms with Crippen molar-refractivity contribution in [3.05, 3.63) is 84.3 Å². The molecule has 0 amide bonds. The summed E-state index contributed by atoms with van der Waals surface area (Å²) in [5.74, 6) is 2.42. The van der Waals surface area contributed by atoms with Crippen LogP contribution in [0.4, 0.5) is 0 Å². The minimum Gasteiger partial charge on any atom is -0.465 e. The van der Waals surface area contributed by atoms with Gasteiger partial charge in [-0.2, -0.15) is 0 Å². The second-order valence-corrected chi connectivity index (χ2v) is 6.45. The minimum atomic E-state index is 0.293. The van der Waals surface area contributed by atoms with Crippen LogP contribution in [0.25, 0.3) is 0 Å². The van der Waals surface area contributed by atoms with Crippen molar-refractivity contribution in [2.45, 2.75) is 52.4 Å². The summed E-state index contributed by atoms with van der Waals surface area (Å²) in [5.41, 5.74) is 2.42. The molecule has 0 bridgehead atoms. The molecule has 0 N–H and O–H groups in total. The maximum absolute atomic E-state index is 5.87. The van der Waals surface area contributed by atoms with Gasteiger partial charge in [-0.15, -0.1) is 0 Å². The van der Waals surface area contributed by atoms with Crippen LogP contribution >= 0.6 is 0 Å². The fourth-order valence-corrected chi connectivity index (χ4v) is 2.90. The van der Waals surface area contributed by atoms with Crippen molar-refractivity contribution in [3.63, 3.8) is 0 Å². The Bertz CT molecular complexity index is 667. The Kier molecular flexibility index (Phi) is 8.01. The lowest BCUT2D eigenvalue weighted by molar-refractivity contribution is 0.450. The number of rotatable bonds is 9. The van der Waals surface area contributed by atoms with Gasteiger partial charge in [-0.1, -0.05) is 64.1 Å². The molecule has 2 rings (SSSR count). The van der Waals surface area contributed by atoms with Crippen LogP contribution in [0.5, 0.6) is 11.5 Å². The number of benzene rings is 2. The predicted molar refractivity (Wildman–Crippen MR) is 110 cm³/mol. The third-order valence-electron chi connectivity index (χ3n) is 4.62. The molecule has 2 aromatic rings. The lowest BCUT2D eigenvalue weighted by atomic mass is 9.83. The first-order chi connectivity index (χ1) is 12.7. The number of para-hydroxylation sites is 2. The molecular weight excluding hydrogens is 320 g/mol. The third kappa shape index (κ3) is 5.26. The Balaban J connectivity index is 2.26. The van der Waals surface area contributed by atoms with Crippen molar-refractivity contribution in [1.29, 1.82) is 0 Å². The monoisotopic (exact) mass is 350 g/mol. The molecular formula is C24H30O2. The first-order valence-electron chi connectivity index (χ1n) is 9.50. The van der Waals surface area contributed by atoms with E-state index in [0.29, 0.717) is 11.8 Å². The van der Waals surface area contributed by atoms with Gasteiger partial charge in [-0.05, 0) is 60.1 Å². The van der Waals surface area contributed by atoms with Gasteiger partial charge in [0.2, 0.25) is 0 Å². The average Bonchev–Trinajstić information content (AvgIpc) is 2.68. The van der Waals surface area contributed by atoms with E-state index in [2.05, 4.69) is 52.0 Å². The third-order valence-corrected chi connectivity index (χ3v) is 4.62. The molecule has 0 heterocycles. The molecule has 2 unspecified atom stereocenters. The Morgan fingerprint density at radius 3 is 1.46 bits per heavy atom. The zero-order chi connectivity index (χ0) is 18.8. The SMILES string of the molecule is CCC=COc1ccccc1C(C)C(C)c1ccccc1OC=CCC. The summed E-state index contributed by atoms with van der Waals surface area (Å²) < 4.78 is 11.7. The summed E-state index contributed by atoms with van der Waals surface area (Å²) >= 11 is 0. The standard InChI is InChI=1S/C24H30O2/c1-5-7-17-25-23-15-11-9-13-21(23)19(3)20(4)22-14-10-12-16-24(22)26-18-8-6-2/h7-20H,5-6H2,1-4H3. The minimum absolute atomic E-state index is 0.293. The van der Waals surface area contributed by atoms with Gasteiger partial charge in [0.1, 0.15) is 11.5 Å². The van der Waals surface area contributed by atoms with Crippen molar-refractivity contribution >= 4 is 0 Å². The molecule has 0 aromatic heterocycles. The predicted octanol–water partition coefficient (Wildman–Crippen LogP) is 7.20. The van der Waals surface area contributed by atoms with Gasteiger partial charge in [0.15, 0.2) is 0 Å². The van der Waals surface area contributed by atoms with E-state index in [1.54, 1.807) is 12.5 Å². The number of allylic oxidation sites excluding steroid dienone is 2. The zero-order valence-corrected chi connectivity index (χ0v) is 16.3. The van der Waals surface area contributed by atoms with Gasteiger partial charge in [-0.3, -0.25) is 0 Å². The van der Waals surface area contributed by atoms with Gasteiger partial charge < -0.3 is 9.47 Å². The molecule has 0 radical (unpaired) electrons. The number of hydrogen-bond donors (Lipinski definition) is 0. The lowest BCUT2D eigenvalue weighted by Gasteiger charge is -2.24. The van der Waals surface area contributed by atoms with E-state index in [-0.39, 0.29) is 0 Å². The molecule has 0 aliphatic heterocycles. The molecule has 0 aliphatic rings. The molecule has 2 nitrogen and oxygen atoms in total. The van der Waals surface area contributed by atoms with E-state index in [4.69, 9.17) is 9.47 Å². The highest BCUT2D eigenvalue weighted by molar-refractivity contribution is 5.42. The maximum atomic E-state index is 5.87. The summed E-state index contributed by atoms with van der Waals surface area (Å²) in [6.07, 6.45) is 9.53. The van der Waals surface area contributed by atoms with Gasteiger partial charge in [-0.25, -0.2) is 0 Å². The molecule has 0 fully saturated rings. The molecule has 138 valence electrons. The van der Waals surface area contributed by atoms with Crippen molar-refractivity contribution in [2.24, 2.45) is 0 Å². The second-order valence-electron chi connectivity index (χ2n) is 6.45. The molecule has 0 aliphatic carbocycles. The Morgan fingerprint density at radius 2 is 1.08 bits per heavy atom. The van der Waals surface area contributed by atoms with E-state index >= 15 is 0 Å². The first-order valence-corrected chi connectivity index (χ1v) is 9.50. The highest BCUT2D eigenvalue weighted by Crippen LogP contribution is 2.40. The normalized spacial score (nSPS) is 13.8. The molecule has 0 spiro atoms. The maximum Gasteiger partial charge on any atom is 0.129 e. The fourth-order valence-electron chi connectivity index (χ4n) is 2.90. The van der Waals surface area contributed by atoms with Crippen molar-refractivity contribution in [3.8, 4) is 11.5 Å². The average molecular weight is 351 g/mol. The van der Waals surface area contributed by atoms with Crippen molar-refractivity contribution in [1.82, 2.24) is 0 Å². The van der Waals surface area contributed by atoms with Gasteiger partial charge >= 0.3 is 0 Å². The highest BCUT2D eigenvalue weighted by Gasteiger charge is 2.22. The van der Waals surface area contributed by atoms with Crippen LogP contribution in [-0.4, -0.2) is 0 Å². The van der Waals surface area contributed by atoms with Crippen LogP contribution in [0.15, 0.2) is 73.2 Å². The van der Waals surface area contributed by atoms with Crippen LogP contribution in [0.1, 0.15) is 63.5 Å². The molecule has 2 atom stereocenters. The van der Waals surface area contributed by atoms with Crippen LogP contribution in [0.2, 0.25) is 0 Å². The van der Waals surface area contributed by atoms with Crippen LogP contribution in [0, 0.1) is 0 Å².